The molecule has 1 N–H and O–H groups in total. The van der Waals surface area contributed by atoms with Crippen LogP contribution in [0.4, 0.5) is 0 Å². The zero-order valence-corrected chi connectivity index (χ0v) is 14.0. The zero-order valence-electron chi connectivity index (χ0n) is 14.0. The van der Waals surface area contributed by atoms with Crippen molar-refractivity contribution in [1.29, 1.82) is 0 Å². The van der Waals surface area contributed by atoms with Crippen molar-refractivity contribution in [3.05, 3.63) is 0 Å². The van der Waals surface area contributed by atoms with Crippen LogP contribution in [0.25, 0.3) is 0 Å². The normalized spacial score (nSPS) is 13.7. The van der Waals surface area contributed by atoms with Crippen LogP contribution < -0.4 is 5.32 Å². The zero-order chi connectivity index (χ0) is 14.7. The monoisotopic (exact) mass is 272 g/mol. The van der Waals surface area contributed by atoms with E-state index in [9.17, 15) is 0 Å². The molecule has 3 nitrogen and oxygen atoms in total. The molecule has 0 rings (SSSR count). The molecule has 0 spiro atoms. The average Bonchev–Trinajstić information content (AvgIpc) is 2.31. The van der Waals surface area contributed by atoms with Crippen molar-refractivity contribution in [2.24, 2.45) is 11.8 Å². The number of nitrogens with zero attached hydrogens (tertiary/aromatic N) is 1. The summed E-state index contributed by atoms with van der Waals surface area (Å²) in [6.07, 6.45) is 1.11. The lowest BCUT2D eigenvalue weighted by Crippen LogP contribution is -2.44. The molecule has 0 aliphatic carbocycles. The summed E-state index contributed by atoms with van der Waals surface area (Å²) in [6, 6.07) is 0.608. The lowest BCUT2D eigenvalue weighted by Gasteiger charge is -2.32. The summed E-state index contributed by atoms with van der Waals surface area (Å²) >= 11 is 0. The lowest BCUT2D eigenvalue weighted by molar-refractivity contribution is 0.141. The SMILES string of the molecule is CCOCCCNCC(C)N(CC(C)C)CC(C)C. The highest BCUT2D eigenvalue weighted by Crippen LogP contribution is 2.08. The fourth-order valence-corrected chi connectivity index (χ4v) is 2.26. The number of rotatable bonds is 12. The number of hydrogen-bond acceptors (Lipinski definition) is 3. The third kappa shape index (κ3) is 11.4. The Labute approximate surface area is 121 Å². The van der Waals surface area contributed by atoms with Gasteiger partial charge in [0, 0.05) is 38.9 Å². The Balaban J connectivity index is 3.86. The maximum absolute atomic E-state index is 5.34. The maximum Gasteiger partial charge on any atom is 0.0477 e. The summed E-state index contributed by atoms with van der Waals surface area (Å²) in [5.41, 5.74) is 0. The second kappa shape index (κ2) is 11.7. The predicted molar refractivity (Wildman–Crippen MR) is 84.7 cm³/mol. The molecular formula is C16H36N2O. The molecule has 0 bridgehead atoms. The third-order valence-electron chi connectivity index (χ3n) is 3.11. The van der Waals surface area contributed by atoms with Crippen LogP contribution in [0.3, 0.4) is 0 Å². The average molecular weight is 272 g/mol. The van der Waals surface area contributed by atoms with Gasteiger partial charge < -0.3 is 10.1 Å². The molecule has 0 aromatic carbocycles. The van der Waals surface area contributed by atoms with Gasteiger partial charge in [-0.3, -0.25) is 4.90 Å². The minimum Gasteiger partial charge on any atom is -0.382 e. The van der Waals surface area contributed by atoms with Crippen LogP contribution >= 0.6 is 0 Å². The maximum atomic E-state index is 5.34. The second-order valence-corrected chi connectivity index (χ2v) is 6.35. The van der Waals surface area contributed by atoms with E-state index in [1.807, 2.05) is 6.92 Å². The summed E-state index contributed by atoms with van der Waals surface area (Å²) in [4.78, 5) is 2.62. The molecule has 19 heavy (non-hydrogen) atoms. The van der Waals surface area contributed by atoms with E-state index in [4.69, 9.17) is 4.74 Å². The molecule has 3 heteroatoms. The van der Waals surface area contributed by atoms with E-state index in [1.54, 1.807) is 0 Å². The molecule has 0 amide bonds. The van der Waals surface area contributed by atoms with Gasteiger partial charge in [0.1, 0.15) is 0 Å². The Hall–Kier alpha value is -0.120. The smallest absolute Gasteiger partial charge is 0.0477 e. The Kier molecular flexibility index (Phi) is 11.6. The van der Waals surface area contributed by atoms with Crippen LogP contribution in [-0.4, -0.2) is 50.3 Å². The molecule has 1 atom stereocenters. The second-order valence-electron chi connectivity index (χ2n) is 6.35. The van der Waals surface area contributed by atoms with Crippen molar-refractivity contribution in [2.75, 3.05) is 39.4 Å². The fraction of sp³-hybridized carbons (Fsp3) is 1.00. The topological polar surface area (TPSA) is 24.5 Å². The highest BCUT2D eigenvalue weighted by Gasteiger charge is 2.15. The first-order chi connectivity index (χ1) is 8.97. The van der Waals surface area contributed by atoms with E-state index in [2.05, 4.69) is 44.8 Å². The quantitative estimate of drug-likeness (QED) is 0.553. The van der Waals surface area contributed by atoms with E-state index in [1.165, 1.54) is 13.1 Å². The van der Waals surface area contributed by atoms with Crippen LogP contribution in [-0.2, 0) is 4.74 Å². The molecule has 0 aromatic heterocycles. The molecule has 0 saturated carbocycles. The molecule has 116 valence electrons. The molecular weight excluding hydrogens is 236 g/mol. The van der Waals surface area contributed by atoms with Gasteiger partial charge in [0.15, 0.2) is 0 Å². The summed E-state index contributed by atoms with van der Waals surface area (Å²) in [5, 5.41) is 3.55. The van der Waals surface area contributed by atoms with Gasteiger partial charge >= 0.3 is 0 Å². The number of ether oxygens (including phenoxy) is 1. The number of hydrogen-bond donors (Lipinski definition) is 1. The first-order valence-electron chi connectivity index (χ1n) is 7.99. The molecule has 0 fully saturated rings. The Morgan fingerprint density at radius 3 is 2.05 bits per heavy atom. The molecule has 0 aromatic rings. The van der Waals surface area contributed by atoms with Gasteiger partial charge in [0.25, 0.3) is 0 Å². The molecule has 0 aliphatic heterocycles. The van der Waals surface area contributed by atoms with Crippen molar-refractivity contribution in [1.82, 2.24) is 10.2 Å². The van der Waals surface area contributed by atoms with Crippen molar-refractivity contribution in [3.8, 4) is 0 Å². The van der Waals surface area contributed by atoms with Crippen LogP contribution in [0.15, 0.2) is 0 Å². The minimum atomic E-state index is 0.608. The minimum absolute atomic E-state index is 0.608. The summed E-state index contributed by atoms with van der Waals surface area (Å²) < 4.78 is 5.34. The van der Waals surface area contributed by atoms with Crippen LogP contribution in [0.5, 0.6) is 0 Å². The predicted octanol–water partition coefficient (Wildman–Crippen LogP) is 3.01. The van der Waals surface area contributed by atoms with Crippen LogP contribution in [0, 0.1) is 11.8 Å². The van der Waals surface area contributed by atoms with Gasteiger partial charge in [0.2, 0.25) is 0 Å². The van der Waals surface area contributed by atoms with E-state index in [-0.39, 0.29) is 0 Å². The highest BCUT2D eigenvalue weighted by atomic mass is 16.5. The molecule has 0 saturated heterocycles. The number of nitrogens with one attached hydrogen (secondary N) is 1. The lowest BCUT2D eigenvalue weighted by atomic mass is 10.1. The van der Waals surface area contributed by atoms with Gasteiger partial charge in [-0.05, 0) is 38.6 Å². The van der Waals surface area contributed by atoms with E-state index < -0.39 is 0 Å². The standard InChI is InChI=1S/C16H36N2O/c1-7-19-10-8-9-17-11-16(6)18(12-14(2)3)13-15(4)5/h14-17H,7-13H2,1-6H3. The van der Waals surface area contributed by atoms with Gasteiger partial charge in [-0.2, -0.15) is 0 Å². The Morgan fingerprint density at radius 2 is 1.58 bits per heavy atom. The Bertz CT molecular complexity index is 185. The van der Waals surface area contributed by atoms with Crippen molar-refractivity contribution in [2.45, 2.75) is 54.0 Å². The van der Waals surface area contributed by atoms with Crippen molar-refractivity contribution < 1.29 is 4.74 Å². The van der Waals surface area contributed by atoms with Crippen LogP contribution in [0.2, 0.25) is 0 Å². The van der Waals surface area contributed by atoms with Gasteiger partial charge in [-0.25, -0.2) is 0 Å². The van der Waals surface area contributed by atoms with Crippen LogP contribution in [0.1, 0.15) is 48.0 Å². The first kappa shape index (κ1) is 18.9. The van der Waals surface area contributed by atoms with Crippen molar-refractivity contribution >= 4 is 0 Å². The van der Waals surface area contributed by atoms with Crippen molar-refractivity contribution in [3.63, 3.8) is 0 Å². The molecule has 0 heterocycles. The van der Waals surface area contributed by atoms with Gasteiger partial charge in [-0.1, -0.05) is 27.7 Å². The molecule has 0 radical (unpaired) electrons. The summed E-state index contributed by atoms with van der Waals surface area (Å²) in [5.74, 6) is 1.47. The fourth-order valence-electron chi connectivity index (χ4n) is 2.26. The van der Waals surface area contributed by atoms with E-state index >= 15 is 0 Å². The highest BCUT2D eigenvalue weighted by molar-refractivity contribution is 4.72. The van der Waals surface area contributed by atoms with E-state index in [0.717, 1.165) is 44.6 Å². The molecule has 1 unspecified atom stereocenters. The first-order valence-corrected chi connectivity index (χ1v) is 7.99. The Morgan fingerprint density at radius 1 is 1.00 bits per heavy atom. The third-order valence-corrected chi connectivity index (χ3v) is 3.11. The molecule has 0 aliphatic rings. The summed E-state index contributed by atoms with van der Waals surface area (Å²) in [7, 11) is 0. The summed E-state index contributed by atoms with van der Waals surface area (Å²) in [6.45, 7) is 19.8. The largest absolute Gasteiger partial charge is 0.382 e. The van der Waals surface area contributed by atoms with E-state index in [0.29, 0.717) is 6.04 Å². The van der Waals surface area contributed by atoms with Gasteiger partial charge in [-0.15, -0.1) is 0 Å². The van der Waals surface area contributed by atoms with Gasteiger partial charge in [0.05, 0.1) is 0 Å².